The number of carbonyl (C=O) groups is 2. The predicted octanol–water partition coefficient (Wildman–Crippen LogP) is 1.79. The number of carbonyl (C=O) groups excluding carboxylic acids is 1. The Hall–Kier alpha value is -2.51. The van der Waals surface area contributed by atoms with Crippen LogP contribution in [0.15, 0.2) is 54.6 Å². The van der Waals surface area contributed by atoms with Crippen LogP contribution in [-0.4, -0.2) is 50.6 Å². The number of hydrogen-bond acceptors (Lipinski definition) is 5. The molecule has 0 aliphatic rings. The molecule has 8 nitrogen and oxygen atoms in total. The number of nitrogens with two attached hydrogens (primary N) is 1. The van der Waals surface area contributed by atoms with Crippen LogP contribution >= 0.6 is 7.37 Å². The minimum atomic E-state index is -4.08. The molecule has 2 aromatic carbocycles. The van der Waals surface area contributed by atoms with E-state index in [1.54, 1.807) is 12.1 Å². The Morgan fingerprint density at radius 1 is 1.07 bits per heavy atom. The minimum absolute atomic E-state index is 0.280. The maximum atomic E-state index is 12.7. The van der Waals surface area contributed by atoms with Gasteiger partial charge in [0.1, 0.15) is 6.04 Å². The van der Waals surface area contributed by atoms with Gasteiger partial charge in [0, 0.05) is 6.42 Å². The molecule has 4 atom stereocenters. The van der Waals surface area contributed by atoms with Gasteiger partial charge in [-0.2, -0.15) is 0 Å². The van der Waals surface area contributed by atoms with Gasteiger partial charge in [-0.15, -0.1) is 0 Å². The van der Waals surface area contributed by atoms with Crippen LogP contribution in [-0.2, 0) is 20.6 Å². The first kappa shape index (κ1) is 23.8. The second-order valence-electron chi connectivity index (χ2n) is 7.46. The number of carboxylic acids is 1. The van der Waals surface area contributed by atoms with E-state index in [-0.39, 0.29) is 6.42 Å². The summed E-state index contributed by atoms with van der Waals surface area (Å²) in [6.45, 7) is 2.55. The van der Waals surface area contributed by atoms with Crippen LogP contribution in [0.5, 0.6) is 0 Å². The van der Waals surface area contributed by atoms with Gasteiger partial charge in [0.05, 0.1) is 11.9 Å². The Morgan fingerprint density at radius 3 is 2.10 bits per heavy atom. The standard InChI is InChI=1S/C21H27N2O6P/c1-14(19(24)25)23-20(26)21(27,13-30(28,29)15(2)22)12-16-8-10-18(11-9-16)17-6-4-3-5-7-17/h3-11,14-15,27H,12-13,22H2,1-2H3,(H,23,26)(H,24,25)(H,28,29)/t14-,15+,21+/m0/s1. The molecule has 0 spiro atoms. The third-order valence-corrected chi connectivity index (χ3v) is 7.07. The maximum Gasteiger partial charge on any atom is 0.325 e. The molecule has 1 unspecified atom stereocenters. The van der Waals surface area contributed by atoms with E-state index >= 15 is 0 Å². The van der Waals surface area contributed by atoms with E-state index in [2.05, 4.69) is 5.32 Å². The maximum absolute atomic E-state index is 12.7. The van der Waals surface area contributed by atoms with Gasteiger partial charge in [-0.25, -0.2) is 0 Å². The van der Waals surface area contributed by atoms with Gasteiger partial charge in [0.2, 0.25) is 7.37 Å². The highest BCUT2D eigenvalue weighted by Gasteiger charge is 2.44. The summed E-state index contributed by atoms with van der Waals surface area (Å²) in [6.07, 6.45) is -1.08. The molecule has 6 N–H and O–H groups in total. The van der Waals surface area contributed by atoms with Crippen LogP contribution < -0.4 is 11.1 Å². The zero-order valence-electron chi connectivity index (χ0n) is 16.9. The molecule has 0 saturated heterocycles. The van der Waals surface area contributed by atoms with E-state index in [0.29, 0.717) is 5.56 Å². The summed E-state index contributed by atoms with van der Waals surface area (Å²) >= 11 is 0. The van der Waals surface area contributed by atoms with Crippen molar-refractivity contribution in [1.29, 1.82) is 0 Å². The highest BCUT2D eigenvalue weighted by Crippen LogP contribution is 2.47. The van der Waals surface area contributed by atoms with E-state index in [1.807, 2.05) is 42.5 Å². The number of carboxylic acid groups (broad SMARTS) is 1. The number of benzene rings is 2. The number of rotatable bonds is 9. The van der Waals surface area contributed by atoms with Crippen LogP contribution in [0, 0.1) is 0 Å². The van der Waals surface area contributed by atoms with Crippen molar-refractivity contribution in [3.8, 4) is 11.1 Å². The summed E-state index contributed by atoms with van der Waals surface area (Å²) in [5.74, 6) is -3.49. The Bertz CT molecular complexity index is 932. The van der Waals surface area contributed by atoms with Gasteiger partial charge >= 0.3 is 5.97 Å². The van der Waals surface area contributed by atoms with E-state index in [1.165, 1.54) is 13.8 Å². The molecule has 2 rings (SSSR count). The average molecular weight is 434 g/mol. The Kier molecular flexibility index (Phi) is 7.55. The van der Waals surface area contributed by atoms with Crippen LogP contribution in [0.4, 0.5) is 0 Å². The van der Waals surface area contributed by atoms with Crippen molar-refractivity contribution in [3.05, 3.63) is 60.2 Å². The minimum Gasteiger partial charge on any atom is -0.480 e. The lowest BCUT2D eigenvalue weighted by Gasteiger charge is -2.31. The monoisotopic (exact) mass is 434 g/mol. The third-order valence-electron chi connectivity index (χ3n) is 4.82. The Labute approximate surface area is 175 Å². The molecule has 2 aromatic rings. The van der Waals surface area contributed by atoms with Crippen molar-refractivity contribution in [2.45, 2.75) is 37.7 Å². The fourth-order valence-electron chi connectivity index (χ4n) is 2.90. The van der Waals surface area contributed by atoms with Crippen LogP contribution in [0.3, 0.4) is 0 Å². The van der Waals surface area contributed by atoms with Gasteiger partial charge in [-0.05, 0) is 30.5 Å². The first-order chi connectivity index (χ1) is 13.9. The predicted molar refractivity (Wildman–Crippen MR) is 114 cm³/mol. The molecule has 9 heteroatoms. The molecule has 0 aliphatic heterocycles. The molecular formula is C21H27N2O6P. The summed E-state index contributed by atoms with van der Waals surface area (Å²) in [5, 5.41) is 22.2. The second kappa shape index (κ2) is 9.53. The largest absolute Gasteiger partial charge is 0.480 e. The van der Waals surface area contributed by atoms with Crippen molar-refractivity contribution in [2.24, 2.45) is 5.73 Å². The van der Waals surface area contributed by atoms with Gasteiger partial charge in [0.15, 0.2) is 5.60 Å². The third kappa shape index (κ3) is 6.00. The number of aliphatic hydroxyl groups is 1. The fraction of sp³-hybridized carbons (Fsp3) is 0.333. The summed E-state index contributed by atoms with van der Waals surface area (Å²) < 4.78 is 12.5. The van der Waals surface area contributed by atoms with Gasteiger partial charge < -0.3 is 26.2 Å². The summed E-state index contributed by atoms with van der Waals surface area (Å²) in [7, 11) is -4.08. The lowest BCUT2D eigenvalue weighted by molar-refractivity contribution is -0.146. The lowest BCUT2D eigenvalue weighted by Crippen LogP contribution is -2.55. The number of hydrogen-bond donors (Lipinski definition) is 5. The molecule has 0 saturated carbocycles. The van der Waals surface area contributed by atoms with Crippen molar-refractivity contribution in [1.82, 2.24) is 5.32 Å². The summed E-state index contributed by atoms with van der Waals surface area (Å²) in [5.41, 5.74) is 5.70. The Morgan fingerprint density at radius 2 is 1.60 bits per heavy atom. The number of amides is 1. The molecule has 0 fully saturated rings. The topological polar surface area (TPSA) is 150 Å². The molecule has 1 amide bonds. The van der Waals surface area contributed by atoms with E-state index in [0.717, 1.165) is 11.1 Å². The lowest BCUT2D eigenvalue weighted by atomic mass is 9.93. The first-order valence-corrected chi connectivity index (χ1v) is 11.3. The average Bonchev–Trinajstić information content (AvgIpc) is 2.68. The molecule has 0 bridgehead atoms. The van der Waals surface area contributed by atoms with Crippen molar-refractivity contribution in [2.75, 3.05) is 6.16 Å². The van der Waals surface area contributed by atoms with Crippen LogP contribution in [0.2, 0.25) is 0 Å². The van der Waals surface area contributed by atoms with E-state index in [9.17, 15) is 24.2 Å². The zero-order valence-corrected chi connectivity index (χ0v) is 17.8. The first-order valence-electron chi connectivity index (χ1n) is 9.42. The number of nitrogens with one attached hydrogen (secondary N) is 1. The highest BCUT2D eigenvalue weighted by atomic mass is 31.2. The molecular weight excluding hydrogens is 407 g/mol. The molecule has 0 aromatic heterocycles. The van der Waals surface area contributed by atoms with Crippen LogP contribution in [0.25, 0.3) is 11.1 Å². The van der Waals surface area contributed by atoms with E-state index in [4.69, 9.17) is 10.8 Å². The quantitative estimate of drug-likeness (QED) is 0.378. The van der Waals surface area contributed by atoms with E-state index < -0.39 is 42.8 Å². The molecule has 0 heterocycles. The highest BCUT2D eigenvalue weighted by molar-refractivity contribution is 7.58. The normalized spacial score (nSPS) is 17.2. The fourth-order valence-corrected chi connectivity index (χ4v) is 4.20. The Balaban J connectivity index is 2.31. The summed E-state index contributed by atoms with van der Waals surface area (Å²) in [6, 6.07) is 15.3. The van der Waals surface area contributed by atoms with Gasteiger partial charge in [-0.3, -0.25) is 14.2 Å². The van der Waals surface area contributed by atoms with Crippen molar-refractivity contribution < 1.29 is 29.3 Å². The smallest absolute Gasteiger partial charge is 0.325 e. The zero-order chi connectivity index (χ0) is 22.5. The summed E-state index contributed by atoms with van der Waals surface area (Å²) in [4.78, 5) is 33.9. The molecule has 162 valence electrons. The van der Waals surface area contributed by atoms with Gasteiger partial charge in [-0.1, -0.05) is 54.6 Å². The van der Waals surface area contributed by atoms with Crippen molar-refractivity contribution in [3.63, 3.8) is 0 Å². The SMILES string of the molecule is C[C@H](NC(=O)[C@@](O)(Cc1ccc(-c2ccccc2)cc1)CP(=O)(O)[C@H](C)N)C(=O)O. The van der Waals surface area contributed by atoms with Gasteiger partial charge in [0.25, 0.3) is 5.91 Å². The van der Waals surface area contributed by atoms with Crippen LogP contribution in [0.1, 0.15) is 19.4 Å². The molecule has 0 radical (unpaired) electrons. The second-order valence-corrected chi connectivity index (χ2v) is 10.1. The number of aliphatic carboxylic acids is 1. The van der Waals surface area contributed by atoms with Crippen molar-refractivity contribution >= 4 is 19.2 Å². The molecule has 0 aliphatic carbocycles. The molecule has 30 heavy (non-hydrogen) atoms.